The van der Waals surface area contributed by atoms with E-state index in [1.807, 2.05) is 38.1 Å². The fourth-order valence-electron chi connectivity index (χ4n) is 3.12. The highest BCUT2D eigenvalue weighted by atomic mass is 32.2. The van der Waals surface area contributed by atoms with Crippen LogP contribution >= 0.6 is 0 Å². The van der Waals surface area contributed by atoms with E-state index in [1.165, 1.54) is 16.8 Å². The molecule has 0 radical (unpaired) electrons. The number of anilines is 1. The van der Waals surface area contributed by atoms with Gasteiger partial charge < -0.3 is 9.88 Å². The molecule has 1 aliphatic rings. The molecule has 0 bridgehead atoms. The summed E-state index contributed by atoms with van der Waals surface area (Å²) in [7, 11) is -3.68. The minimum Gasteiger partial charge on any atom is -0.336 e. The van der Waals surface area contributed by atoms with Gasteiger partial charge in [-0.05, 0) is 44.4 Å². The van der Waals surface area contributed by atoms with E-state index in [1.54, 1.807) is 4.57 Å². The average Bonchev–Trinajstić information content (AvgIpc) is 3.12. The summed E-state index contributed by atoms with van der Waals surface area (Å²) in [6, 6.07) is 7.57. The number of benzene rings is 1. The van der Waals surface area contributed by atoms with Gasteiger partial charge in [-0.3, -0.25) is 4.79 Å². The van der Waals surface area contributed by atoms with Gasteiger partial charge in [-0.15, -0.1) is 0 Å². The van der Waals surface area contributed by atoms with E-state index >= 15 is 0 Å². The summed E-state index contributed by atoms with van der Waals surface area (Å²) in [6.07, 6.45) is 4.37. The second-order valence-electron chi connectivity index (χ2n) is 6.60. The van der Waals surface area contributed by atoms with Crippen LogP contribution < -0.4 is 5.32 Å². The number of hydrogen-bond donors (Lipinski definition) is 1. The molecule has 8 heteroatoms. The quantitative estimate of drug-likeness (QED) is 0.867. The molecule has 1 amide bonds. The largest absolute Gasteiger partial charge is 0.336 e. The molecule has 1 N–H and O–H groups in total. The number of carbonyl (C=O) groups is 1. The maximum absolute atomic E-state index is 12.8. The van der Waals surface area contributed by atoms with Gasteiger partial charge in [0.25, 0.3) is 10.0 Å². The first-order chi connectivity index (χ1) is 12.4. The van der Waals surface area contributed by atoms with Gasteiger partial charge in [0, 0.05) is 31.5 Å². The lowest BCUT2D eigenvalue weighted by Gasteiger charge is -2.30. The first kappa shape index (κ1) is 18.6. The Morgan fingerprint density at radius 1 is 1.38 bits per heavy atom. The van der Waals surface area contributed by atoms with Gasteiger partial charge in [0.1, 0.15) is 0 Å². The number of sulfonamides is 1. The minimum atomic E-state index is -3.68. The third-order valence-electron chi connectivity index (χ3n) is 4.62. The summed E-state index contributed by atoms with van der Waals surface area (Å²) in [5.74, 6) is -0.512. The van der Waals surface area contributed by atoms with Crippen molar-refractivity contribution in [3.8, 4) is 0 Å². The maximum atomic E-state index is 12.8. The number of nitrogens with one attached hydrogen (secondary N) is 1. The van der Waals surface area contributed by atoms with Gasteiger partial charge in [0.15, 0.2) is 5.03 Å². The Morgan fingerprint density at radius 2 is 2.19 bits per heavy atom. The number of rotatable bonds is 5. The fraction of sp³-hybridized carbons (Fsp3) is 0.444. The molecule has 140 valence electrons. The van der Waals surface area contributed by atoms with Crippen molar-refractivity contribution in [2.24, 2.45) is 5.92 Å². The Hall–Kier alpha value is -2.19. The Morgan fingerprint density at radius 3 is 2.88 bits per heavy atom. The first-order valence-corrected chi connectivity index (χ1v) is 10.2. The molecule has 1 aliphatic heterocycles. The number of nitrogens with zero attached hydrogens (tertiary/aromatic N) is 3. The van der Waals surface area contributed by atoms with E-state index in [-0.39, 0.29) is 23.4 Å². The number of hydrogen-bond acceptors (Lipinski definition) is 4. The zero-order valence-corrected chi connectivity index (χ0v) is 15.9. The second-order valence-corrected chi connectivity index (χ2v) is 8.49. The van der Waals surface area contributed by atoms with Gasteiger partial charge in [0.2, 0.25) is 5.91 Å². The number of amides is 1. The van der Waals surface area contributed by atoms with Gasteiger partial charge in [0.05, 0.1) is 12.2 Å². The normalized spacial score (nSPS) is 18.6. The Kier molecular flexibility index (Phi) is 5.43. The number of aryl methyl sites for hydroxylation is 2. The van der Waals surface area contributed by atoms with E-state index in [0.717, 1.165) is 11.3 Å². The maximum Gasteiger partial charge on any atom is 0.262 e. The van der Waals surface area contributed by atoms with Crippen LogP contribution in [0.5, 0.6) is 0 Å². The van der Waals surface area contributed by atoms with Crippen molar-refractivity contribution in [3.05, 3.63) is 42.4 Å². The lowest BCUT2D eigenvalue weighted by Crippen LogP contribution is -2.43. The standard InChI is InChI=1S/C18H24N4O3S/c1-3-21-12-17(19-13-21)26(24,25)22-9-5-7-15(11-22)18(23)20-16-8-4-6-14(2)10-16/h4,6,8,10,12-13,15H,3,5,7,9,11H2,1-2H3,(H,20,23). The SMILES string of the molecule is CCn1cnc(S(=O)(=O)N2CCCC(C(=O)Nc3cccc(C)c3)C2)c1. The second kappa shape index (κ2) is 7.59. The van der Waals surface area contributed by atoms with E-state index in [0.29, 0.717) is 25.9 Å². The van der Waals surface area contributed by atoms with Crippen LogP contribution in [0.1, 0.15) is 25.3 Å². The Labute approximate surface area is 154 Å². The van der Waals surface area contributed by atoms with E-state index < -0.39 is 10.0 Å². The lowest BCUT2D eigenvalue weighted by molar-refractivity contribution is -0.120. The monoisotopic (exact) mass is 376 g/mol. The molecule has 0 saturated carbocycles. The summed E-state index contributed by atoms with van der Waals surface area (Å²) in [4.78, 5) is 16.6. The molecule has 1 saturated heterocycles. The van der Waals surface area contributed by atoms with Crippen LogP contribution in [0.2, 0.25) is 0 Å². The predicted octanol–water partition coefficient (Wildman–Crippen LogP) is 2.25. The number of carbonyl (C=O) groups excluding carboxylic acids is 1. The highest BCUT2D eigenvalue weighted by Gasteiger charge is 2.34. The molecule has 3 rings (SSSR count). The molecular weight excluding hydrogens is 352 g/mol. The van der Waals surface area contributed by atoms with E-state index in [2.05, 4.69) is 10.3 Å². The molecule has 2 heterocycles. The molecule has 26 heavy (non-hydrogen) atoms. The van der Waals surface area contributed by atoms with Gasteiger partial charge in [-0.25, -0.2) is 13.4 Å². The van der Waals surface area contributed by atoms with Crippen LogP contribution in [0.4, 0.5) is 5.69 Å². The van der Waals surface area contributed by atoms with Crippen molar-refractivity contribution in [1.82, 2.24) is 13.9 Å². The topological polar surface area (TPSA) is 84.3 Å². The van der Waals surface area contributed by atoms with Crippen molar-refractivity contribution in [3.63, 3.8) is 0 Å². The van der Waals surface area contributed by atoms with Gasteiger partial charge in [-0.2, -0.15) is 4.31 Å². The van der Waals surface area contributed by atoms with Crippen LogP contribution in [0, 0.1) is 12.8 Å². The van der Waals surface area contributed by atoms with Crippen molar-refractivity contribution in [1.29, 1.82) is 0 Å². The molecule has 1 aromatic carbocycles. The van der Waals surface area contributed by atoms with Crippen molar-refractivity contribution in [2.45, 2.75) is 38.3 Å². The zero-order chi connectivity index (χ0) is 18.7. The molecule has 0 spiro atoms. The highest BCUT2D eigenvalue weighted by molar-refractivity contribution is 7.89. The molecule has 1 aromatic heterocycles. The summed E-state index contributed by atoms with van der Waals surface area (Å²) < 4.78 is 28.7. The molecule has 1 atom stereocenters. The number of piperidine rings is 1. The van der Waals surface area contributed by atoms with Crippen LogP contribution in [0.25, 0.3) is 0 Å². The van der Waals surface area contributed by atoms with Crippen molar-refractivity contribution < 1.29 is 13.2 Å². The lowest BCUT2D eigenvalue weighted by atomic mass is 9.98. The Bertz CT molecular complexity index is 891. The summed E-state index contributed by atoms with van der Waals surface area (Å²) in [5, 5.41) is 2.94. The smallest absolute Gasteiger partial charge is 0.262 e. The summed E-state index contributed by atoms with van der Waals surface area (Å²) >= 11 is 0. The highest BCUT2D eigenvalue weighted by Crippen LogP contribution is 2.24. The molecule has 1 unspecified atom stereocenters. The fourth-order valence-corrected chi connectivity index (χ4v) is 4.58. The van der Waals surface area contributed by atoms with Gasteiger partial charge in [-0.1, -0.05) is 12.1 Å². The van der Waals surface area contributed by atoms with Crippen LogP contribution in [-0.4, -0.2) is 41.3 Å². The number of aromatic nitrogens is 2. The van der Waals surface area contributed by atoms with Crippen molar-refractivity contribution in [2.75, 3.05) is 18.4 Å². The molecule has 2 aromatic rings. The third kappa shape index (κ3) is 3.96. The molecular formula is C18H24N4O3S. The molecule has 0 aliphatic carbocycles. The predicted molar refractivity (Wildman–Crippen MR) is 99.2 cm³/mol. The minimum absolute atomic E-state index is 0.0408. The summed E-state index contributed by atoms with van der Waals surface area (Å²) in [6.45, 7) is 5.13. The van der Waals surface area contributed by atoms with E-state index in [9.17, 15) is 13.2 Å². The van der Waals surface area contributed by atoms with Crippen LogP contribution in [0.15, 0.2) is 41.8 Å². The summed E-state index contributed by atoms with van der Waals surface area (Å²) in [5.41, 5.74) is 1.79. The van der Waals surface area contributed by atoms with E-state index in [4.69, 9.17) is 0 Å². The van der Waals surface area contributed by atoms with Crippen molar-refractivity contribution >= 4 is 21.6 Å². The molecule has 1 fully saturated rings. The zero-order valence-electron chi connectivity index (χ0n) is 15.1. The van der Waals surface area contributed by atoms with Crippen LogP contribution in [-0.2, 0) is 21.4 Å². The van der Waals surface area contributed by atoms with Crippen LogP contribution in [0.3, 0.4) is 0 Å². The molecule has 7 nitrogen and oxygen atoms in total. The third-order valence-corrected chi connectivity index (χ3v) is 6.37. The first-order valence-electron chi connectivity index (χ1n) is 8.79. The average molecular weight is 376 g/mol. The number of imidazole rings is 1. The Balaban J connectivity index is 1.71. The van der Waals surface area contributed by atoms with Gasteiger partial charge >= 0.3 is 0 Å².